The summed E-state index contributed by atoms with van der Waals surface area (Å²) in [6, 6.07) is 6.37. The van der Waals surface area contributed by atoms with Gasteiger partial charge in [0.05, 0.1) is 18.9 Å². The molecule has 0 unspecified atom stereocenters. The van der Waals surface area contributed by atoms with Crippen LogP contribution >= 0.6 is 0 Å². The molecule has 0 spiro atoms. The standard InChI is InChI=1S/C14H13FN6O2/c15-9-3-1-2-4-10(9)16-13-14(21-5-7-22-8-6-21)18-12-11(17-13)19-23-20-12/h1-4H,5-8H2,(H,16,17,19). The Bertz CT molecular complexity index is 833. The van der Waals surface area contributed by atoms with Crippen molar-refractivity contribution in [2.45, 2.75) is 0 Å². The Morgan fingerprint density at radius 3 is 2.57 bits per heavy atom. The molecule has 9 heteroatoms. The minimum Gasteiger partial charge on any atom is -0.378 e. The minimum absolute atomic E-state index is 0.265. The molecule has 1 aliphatic heterocycles. The van der Waals surface area contributed by atoms with Gasteiger partial charge in [-0.3, -0.25) is 0 Å². The van der Waals surface area contributed by atoms with Gasteiger partial charge in [0.2, 0.25) is 11.3 Å². The number of nitrogens with zero attached hydrogens (tertiary/aromatic N) is 5. The minimum atomic E-state index is -0.374. The maximum atomic E-state index is 13.9. The van der Waals surface area contributed by atoms with E-state index in [1.807, 2.05) is 4.90 Å². The van der Waals surface area contributed by atoms with Crippen LogP contribution in [0.1, 0.15) is 0 Å². The number of aromatic nitrogens is 4. The molecule has 23 heavy (non-hydrogen) atoms. The molecule has 0 atom stereocenters. The maximum absolute atomic E-state index is 13.9. The van der Waals surface area contributed by atoms with Crippen LogP contribution in [0.25, 0.3) is 11.3 Å². The van der Waals surface area contributed by atoms with Gasteiger partial charge in [-0.25, -0.2) is 19.0 Å². The van der Waals surface area contributed by atoms with E-state index in [9.17, 15) is 4.39 Å². The summed E-state index contributed by atoms with van der Waals surface area (Å²) >= 11 is 0. The maximum Gasteiger partial charge on any atom is 0.245 e. The van der Waals surface area contributed by atoms with Crippen molar-refractivity contribution < 1.29 is 13.8 Å². The van der Waals surface area contributed by atoms with Gasteiger partial charge in [0.25, 0.3) is 0 Å². The van der Waals surface area contributed by atoms with Gasteiger partial charge in [-0.1, -0.05) is 12.1 Å². The van der Waals surface area contributed by atoms with Gasteiger partial charge in [-0.05, 0) is 22.4 Å². The zero-order valence-corrected chi connectivity index (χ0v) is 12.1. The van der Waals surface area contributed by atoms with Crippen LogP contribution in [-0.4, -0.2) is 46.6 Å². The third-order valence-corrected chi connectivity index (χ3v) is 3.53. The molecule has 3 heterocycles. The average Bonchev–Trinajstić information content (AvgIpc) is 3.04. The molecule has 1 aliphatic rings. The van der Waals surface area contributed by atoms with Crippen molar-refractivity contribution in [3.05, 3.63) is 30.1 Å². The fourth-order valence-electron chi connectivity index (χ4n) is 2.40. The Kier molecular flexibility index (Phi) is 3.46. The zero-order chi connectivity index (χ0) is 15.6. The van der Waals surface area contributed by atoms with Gasteiger partial charge in [0, 0.05) is 13.1 Å². The molecule has 0 radical (unpaired) electrons. The van der Waals surface area contributed by atoms with Crippen molar-refractivity contribution in [2.24, 2.45) is 0 Å². The first kappa shape index (κ1) is 13.8. The Hall–Kier alpha value is -2.81. The Morgan fingerprint density at radius 2 is 1.78 bits per heavy atom. The molecule has 1 fully saturated rings. The zero-order valence-electron chi connectivity index (χ0n) is 12.1. The van der Waals surface area contributed by atoms with Crippen LogP contribution in [0.4, 0.5) is 21.7 Å². The highest BCUT2D eigenvalue weighted by Gasteiger charge is 2.21. The fraction of sp³-hybridized carbons (Fsp3) is 0.286. The lowest BCUT2D eigenvalue weighted by Crippen LogP contribution is -2.37. The van der Waals surface area contributed by atoms with E-state index in [2.05, 4.69) is 30.2 Å². The topological polar surface area (TPSA) is 89.2 Å². The number of fused-ring (bicyclic) bond motifs is 1. The van der Waals surface area contributed by atoms with Crippen molar-refractivity contribution in [2.75, 3.05) is 36.5 Å². The Balaban J connectivity index is 1.77. The van der Waals surface area contributed by atoms with Crippen LogP contribution in [0.2, 0.25) is 0 Å². The predicted molar refractivity (Wildman–Crippen MR) is 80.1 cm³/mol. The molecule has 1 N–H and O–H groups in total. The first-order valence-corrected chi connectivity index (χ1v) is 7.16. The number of benzene rings is 1. The summed E-state index contributed by atoms with van der Waals surface area (Å²) < 4.78 is 23.9. The summed E-state index contributed by atoms with van der Waals surface area (Å²) in [5, 5.41) is 10.4. The van der Waals surface area contributed by atoms with Gasteiger partial charge in [0.1, 0.15) is 5.82 Å². The molecule has 1 aromatic carbocycles. The van der Waals surface area contributed by atoms with E-state index < -0.39 is 0 Å². The highest BCUT2D eigenvalue weighted by molar-refractivity contribution is 5.77. The molecule has 0 amide bonds. The number of para-hydroxylation sites is 1. The van der Waals surface area contributed by atoms with E-state index in [0.29, 0.717) is 49.3 Å². The molecule has 0 saturated carbocycles. The lowest BCUT2D eigenvalue weighted by atomic mass is 10.3. The van der Waals surface area contributed by atoms with Crippen molar-refractivity contribution >= 4 is 28.6 Å². The first-order valence-electron chi connectivity index (χ1n) is 7.16. The summed E-state index contributed by atoms with van der Waals surface area (Å²) in [5.74, 6) is 0.598. The van der Waals surface area contributed by atoms with Crippen LogP contribution in [0.15, 0.2) is 28.9 Å². The number of rotatable bonds is 3. The number of morpholine rings is 1. The highest BCUT2D eigenvalue weighted by Crippen LogP contribution is 2.28. The lowest BCUT2D eigenvalue weighted by Gasteiger charge is -2.28. The lowest BCUT2D eigenvalue weighted by molar-refractivity contribution is 0.122. The van der Waals surface area contributed by atoms with Gasteiger partial charge in [-0.15, -0.1) is 0 Å². The molecule has 118 valence electrons. The first-order chi connectivity index (χ1) is 11.3. The van der Waals surface area contributed by atoms with Crippen molar-refractivity contribution in [3.8, 4) is 0 Å². The highest BCUT2D eigenvalue weighted by atomic mass is 19.1. The number of ether oxygens (including phenoxy) is 1. The SMILES string of the molecule is Fc1ccccc1Nc1nc2nonc2nc1N1CCOCC1. The van der Waals surface area contributed by atoms with E-state index >= 15 is 0 Å². The summed E-state index contributed by atoms with van der Waals surface area (Å²) in [6.07, 6.45) is 0. The van der Waals surface area contributed by atoms with Crippen LogP contribution in [0.5, 0.6) is 0 Å². The second-order valence-corrected chi connectivity index (χ2v) is 5.01. The predicted octanol–water partition coefficient (Wildman–Crippen LogP) is 1.73. The van der Waals surface area contributed by atoms with Crippen molar-refractivity contribution in [3.63, 3.8) is 0 Å². The van der Waals surface area contributed by atoms with E-state index in [1.165, 1.54) is 6.07 Å². The third kappa shape index (κ3) is 2.66. The molecular weight excluding hydrogens is 303 g/mol. The summed E-state index contributed by atoms with van der Waals surface area (Å²) in [6.45, 7) is 2.51. The third-order valence-electron chi connectivity index (χ3n) is 3.53. The fourth-order valence-corrected chi connectivity index (χ4v) is 2.40. The molecule has 8 nitrogen and oxygen atoms in total. The number of anilines is 3. The summed E-state index contributed by atoms with van der Waals surface area (Å²) in [5.41, 5.74) is 0.888. The van der Waals surface area contributed by atoms with E-state index in [4.69, 9.17) is 4.74 Å². The Labute approximate surface area is 130 Å². The van der Waals surface area contributed by atoms with Crippen LogP contribution in [0.3, 0.4) is 0 Å². The number of nitrogens with one attached hydrogen (secondary N) is 1. The number of halogens is 1. The quantitative estimate of drug-likeness (QED) is 0.781. The van der Waals surface area contributed by atoms with Gasteiger partial charge >= 0.3 is 0 Å². The summed E-state index contributed by atoms with van der Waals surface area (Å²) in [7, 11) is 0. The second-order valence-electron chi connectivity index (χ2n) is 5.01. The van der Waals surface area contributed by atoms with Gasteiger partial charge in [0.15, 0.2) is 11.6 Å². The monoisotopic (exact) mass is 316 g/mol. The van der Waals surface area contributed by atoms with Crippen LogP contribution in [-0.2, 0) is 4.74 Å². The largest absolute Gasteiger partial charge is 0.378 e. The number of hydrogen-bond acceptors (Lipinski definition) is 8. The molecule has 3 aromatic rings. The molecule has 4 rings (SSSR count). The van der Waals surface area contributed by atoms with Crippen molar-refractivity contribution in [1.29, 1.82) is 0 Å². The number of hydrogen-bond donors (Lipinski definition) is 1. The second kappa shape index (κ2) is 5.76. The van der Waals surface area contributed by atoms with Crippen LogP contribution in [0, 0.1) is 5.82 Å². The Morgan fingerprint density at radius 1 is 1.04 bits per heavy atom. The van der Waals surface area contributed by atoms with Gasteiger partial charge < -0.3 is 15.0 Å². The smallest absolute Gasteiger partial charge is 0.245 e. The normalized spacial score (nSPS) is 15.1. The average molecular weight is 316 g/mol. The van der Waals surface area contributed by atoms with E-state index in [1.54, 1.807) is 18.2 Å². The van der Waals surface area contributed by atoms with Crippen LogP contribution < -0.4 is 10.2 Å². The molecule has 0 aliphatic carbocycles. The molecule has 2 aromatic heterocycles. The van der Waals surface area contributed by atoms with E-state index in [-0.39, 0.29) is 11.5 Å². The van der Waals surface area contributed by atoms with Gasteiger partial charge in [-0.2, -0.15) is 0 Å². The van der Waals surface area contributed by atoms with Crippen molar-refractivity contribution in [1.82, 2.24) is 20.3 Å². The molecular formula is C14H13FN6O2. The van der Waals surface area contributed by atoms with E-state index in [0.717, 1.165) is 0 Å². The molecule has 0 bridgehead atoms. The molecule has 1 saturated heterocycles. The summed E-state index contributed by atoms with van der Waals surface area (Å²) in [4.78, 5) is 10.8.